The topological polar surface area (TPSA) is 93.9 Å². The van der Waals surface area contributed by atoms with Gasteiger partial charge in [-0.05, 0) is 61.1 Å². The van der Waals surface area contributed by atoms with Gasteiger partial charge in [0.05, 0.1) is 47.7 Å². The summed E-state index contributed by atoms with van der Waals surface area (Å²) in [6.45, 7) is 2.47. The van der Waals surface area contributed by atoms with E-state index in [9.17, 15) is 9.59 Å². The fourth-order valence-electron chi connectivity index (χ4n) is 5.87. The lowest BCUT2D eigenvalue weighted by atomic mass is 9.91. The highest BCUT2D eigenvalue weighted by atomic mass is 35.5. The van der Waals surface area contributed by atoms with Crippen LogP contribution < -0.4 is 5.32 Å². The summed E-state index contributed by atoms with van der Waals surface area (Å²) in [6.07, 6.45) is 3.49. The van der Waals surface area contributed by atoms with Crippen LogP contribution in [0.5, 0.6) is 0 Å². The van der Waals surface area contributed by atoms with Gasteiger partial charge in [-0.15, -0.1) is 0 Å². The Morgan fingerprint density at radius 2 is 1.80 bits per heavy atom. The lowest BCUT2D eigenvalue weighted by molar-refractivity contribution is -0.0125. The largest absolute Gasteiger partial charge is 0.465 e. The van der Waals surface area contributed by atoms with E-state index < -0.39 is 17.8 Å². The number of halogens is 3. The van der Waals surface area contributed by atoms with Gasteiger partial charge in [0.2, 0.25) is 0 Å². The number of rotatable bonds is 10. The van der Waals surface area contributed by atoms with Crippen molar-refractivity contribution in [3.05, 3.63) is 93.4 Å². The van der Waals surface area contributed by atoms with E-state index in [2.05, 4.69) is 10.5 Å². The molecule has 1 N–H and O–H groups in total. The van der Waals surface area contributed by atoms with E-state index in [1.807, 2.05) is 25.1 Å². The fourth-order valence-corrected chi connectivity index (χ4v) is 6.45. The van der Waals surface area contributed by atoms with Gasteiger partial charge in [0.15, 0.2) is 0 Å². The molecule has 1 aromatic heterocycles. The third kappa shape index (κ3) is 6.30. The van der Waals surface area contributed by atoms with E-state index in [-0.39, 0.29) is 42.5 Å². The number of benzene rings is 3. The molecule has 4 aromatic rings. The number of likely N-dealkylation sites (tertiary alicyclic amines) is 1. The van der Waals surface area contributed by atoms with Crippen molar-refractivity contribution in [2.24, 2.45) is 0 Å². The number of nitrogens with one attached hydrogen (secondary N) is 1. The van der Waals surface area contributed by atoms with Crippen molar-refractivity contribution >= 4 is 40.9 Å². The number of nitrogens with zero attached hydrogens (tertiary/aromatic N) is 2. The molecule has 2 aliphatic rings. The van der Waals surface area contributed by atoms with Gasteiger partial charge in [0.25, 0.3) is 0 Å². The van der Waals surface area contributed by atoms with Gasteiger partial charge in [-0.25, -0.2) is 14.0 Å². The number of amides is 2. The SMILES string of the molecule is CCC1CC(COCc2c(-c3c(Cl)cccc3Cl)noc2C2CC2)N1C(=O)Nc1cc(-c2ccccc2)c(C(=O)OC)cc1F. The number of anilines is 1. The molecular formula is C34H32Cl2FN3O5. The van der Waals surface area contributed by atoms with Crippen molar-refractivity contribution in [3.63, 3.8) is 0 Å². The zero-order chi connectivity index (χ0) is 31.7. The molecule has 1 saturated carbocycles. The second-order valence-electron chi connectivity index (χ2n) is 11.3. The molecule has 2 amide bonds. The van der Waals surface area contributed by atoms with E-state index in [0.29, 0.717) is 32.4 Å². The molecule has 3 aromatic carbocycles. The van der Waals surface area contributed by atoms with Crippen LogP contribution in [0.4, 0.5) is 14.9 Å². The van der Waals surface area contributed by atoms with Gasteiger partial charge >= 0.3 is 12.0 Å². The Bertz CT molecular complexity index is 1710. The minimum absolute atomic E-state index is 0.0280. The maximum absolute atomic E-state index is 15.3. The average molecular weight is 653 g/mol. The van der Waals surface area contributed by atoms with Gasteiger partial charge in [-0.3, -0.25) is 0 Å². The number of aromatic nitrogens is 1. The zero-order valence-electron chi connectivity index (χ0n) is 24.8. The summed E-state index contributed by atoms with van der Waals surface area (Å²) in [5.74, 6) is -0.358. The van der Waals surface area contributed by atoms with E-state index in [4.69, 9.17) is 37.2 Å². The Morgan fingerprint density at radius 1 is 1.07 bits per heavy atom. The first-order valence-corrected chi connectivity index (χ1v) is 15.6. The molecule has 6 rings (SSSR count). The maximum Gasteiger partial charge on any atom is 0.338 e. The molecule has 45 heavy (non-hydrogen) atoms. The highest BCUT2D eigenvalue weighted by Gasteiger charge is 2.41. The summed E-state index contributed by atoms with van der Waals surface area (Å²) < 4.78 is 32.1. The van der Waals surface area contributed by atoms with Crippen LogP contribution in [-0.2, 0) is 16.1 Å². The summed E-state index contributed by atoms with van der Waals surface area (Å²) in [5, 5.41) is 7.98. The number of urea groups is 1. The fraction of sp³-hybridized carbons (Fsp3) is 0.324. The molecule has 2 atom stereocenters. The van der Waals surface area contributed by atoms with E-state index in [1.165, 1.54) is 13.2 Å². The lowest BCUT2D eigenvalue weighted by Gasteiger charge is -2.48. The second-order valence-corrected chi connectivity index (χ2v) is 12.1. The van der Waals surface area contributed by atoms with Gasteiger partial charge in [-0.1, -0.05) is 71.7 Å². The van der Waals surface area contributed by atoms with Crippen LogP contribution in [0.15, 0.2) is 65.2 Å². The predicted molar refractivity (Wildman–Crippen MR) is 170 cm³/mol. The Balaban J connectivity index is 1.19. The number of hydrogen-bond donors (Lipinski definition) is 1. The maximum atomic E-state index is 15.3. The van der Waals surface area contributed by atoms with Crippen molar-refractivity contribution in [3.8, 4) is 22.4 Å². The third-order valence-corrected chi connectivity index (χ3v) is 9.03. The summed E-state index contributed by atoms with van der Waals surface area (Å²) >= 11 is 13.0. The quantitative estimate of drug-likeness (QED) is 0.172. The first-order valence-electron chi connectivity index (χ1n) is 14.9. The molecule has 2 unspecified atom stereocenters. The summed E-state index contributed by atoms with van der Waals surface area (Å²) in [7, 11) is 1.24. The molecule has 1 saturated heterocycles. The van der Waals surface area contributed by atoms with E-state index in [1.54, 1.807) is 35.2 Å². The average Bonchev–Trinajstić information content (AvgIpc) is 3.79. The minimum atomic E-state index is -0.740. The van der Waals surface area contributed by atoms with Crippen molar-refractivity contribution in [2.75, 3.05) is 19.0 Å². The molecule has 0 spiro atoms. The van der Waals surface area contributed by atoms with Crippen LogP contribution >= 0.6 is 23.2 Å². The molecule has 0 radical (unpaired) electrons. The highest BCUT2D eigenvalue weighted by Crippen LogP contribution is 2.46. The van der Waals surface area contributed by atoms with Crippen molar-refractivity contribution in [1.82, 2.24) is 10.1 Å². The summed E-state index contributed by atoms with van der Waals surface area (Å²) in [4.78, 5) is 27.7. The van der Waals surface area contributed by atoms with Crippen LogP contribution in [0, 0.1) is 5.82 Å². The summed E-state index contributed by atoms with van der Waals surface area (Å²) in [6, 6.07) is 16.2. The lowest BCUT2D eigenvalue weighted by Crippen LogP contribution is -2.61. The highest BCUT2D eigenvalue weighted by molar-refractivity contribution is 6.39. The van der Waals surface area contributed by atoms with Gasteiger partial charge in [0, 0.05) is 23.1 Å². The smallest absolute Gasteiger partial charge is 0.338 e. The Kier molecular flexibility index (Phi) is 9.12. The Hall–Kier alpha value is -3.92. The van der Waals surface area contributed by atoms with E-state index >= 15 is 4.39 Å². The molecular weight excluding hydrogens is 620 g/mol. The standard InChI is InChI=1S/C34H32Cl2FN3O5/c1-3-21-14-22(17-44-18-25-31(39-45-32(25)20-12-13-20)30-26(35)10-7-11-27(30)36)40(21)34(42)38-29-16-23(19-8-5-4-6-9-19)24(15-28(29)37)33(41)43-2/h4-11,15-16,20-22H,3,12-14,17-18H2,1-2H3,(H,38,42). The number of ether oxygens (including phenoxy) is 2. The van der Waals surface area contributed by atoms with Crippen molar-refractivity contribution in [1.29, 1.82) is 0 Å². The minimum Gasteiger partial charge on any atom is -0.465 e. The normalized spacial score (nSPS) is 17.6. The van der Waals surface area contributed by atoms with E-state index in [0.717, 1.165) is 43.1 Å². The van der Waals surface area contributed by atoms with Gasteiger partial charge < -0.3 is 24.2 Å². The zero-order valence-corrected chi connectivity index (χ0v) is 26.3. The Morgan fingerprint density at radius 3 is 2.47 bits per heavy atom. The van der Waals surface area contributed by atoms with Gasteiger partial charge in [0.1, 0.15) is 17.3 Å². The number of esters is 1. The van der Waals surface area contributed by atoms with Crippen molar-refractivity contribution < 1.29 is 28.0 Å². The number of carbonyl (C=O) groups excluding carboxylic acids is 2. The number of carbonyl (C=O) groups is 2. The summed E-state index contributed by atoms with van der Waals surface area (Å²) in [5.41, 5.74) is 3.13. The van der Waals surface area contributed by atoms with Crippen LogP contribution in [0.2, 0.25) is 10.0 Å². The Labute approximate surface area is 270 Å². The molecule has 2 heterocycles. The molecule has 8 nitrogen and oxygen atoms in total. The molecule has 234 valence electrons. The van der Waals surface area contributed by atoms with Crippen LogP contribution in [0.1, 0.15) is 60.2 Å². The molecule has 0 bridgehead atoms. The van der Waals surface area contributed by atoms with Crippen LogP contribution in [0.3, 0.4) is 0 Å². The third-order valence-electron chi connectivity index (χ3n) is 8.40. The molecule has 1 aliphatic heterocycles. The van der Waals surface area contributed by atoms with Crippen molar-refractivity contribution in [2.45, 2.75) is 57.2 Å². The molecule has 2 fully saturated rings. The number of hydrogen-bond acceptors (Lipinski definition) is 6. The molecule has 11 heteroatoms. The van der Waals surface area contributed by atoms with Crippen LogP contribution in [-0.4, -0.2) is 47.9 Å². The second kappa shape index (κ2) is 13.2. The van der Waals surface area contributed by atoms with Crippen LogP contribution in [0.25, 0.3) is 22.4 Å². The number of methoxy groups -OCH3 is 1. The first-order chi connectivity index (χ1) is 21.8. The first kappa shape index (κ1) is 31.1. The molecule has 1 aliphatic carbocycles. The predicted octanol–water partition coefficient (Wildman–Crippen LogP) is 8.72. The monoisotopic (exact) mass is 651 g/mol. The van der Waals surface area contributed by atoms with Gasteiger partial charge in [-0.2, -0.15) is 0 Å².